The van der Waals surface area contributed by atoms with E-state index in [2.05, 4.69) is 5.32 Å². The smallest absolute Gasteiger partial charge is 0.0601 e. The molecule has 0 aromatic heterocycles. The van der Waals surface area contributed by atoms with Crippen molar-refractivity contribution in [3.8, 4) is 0 Å². The molecule has 0 aromatic carbocycles. The molecule has 2 N–H and O–H groups in total. The SMILES string of the molecule is [2H]C1NC([2H])C([2H])C([2H])(O)C1[2H]. The molecule has 42 valence electrons. The molecule has 2 nitrogen and oxygen atoms in total. The van der Waals surface area contributed by atoms with Crippen LogP contribution in [0.3, 0.4) is 0 Å². The Bertz CT molecular complexity index is 161. The van der Waals surface area contributed by atoms with Crippen molar-refractivity contribution in [2.75, 3.05) is 13.0 Å². The summed E-state index contributed by atoms with van der Waals surface area (Å²) in [5.41, 5.74) is 0. The third-order valence-electron chi connectivity index (χ3n) is 0.701. The second-order valence-corrected chi connectivity index (χ2v) is 1.26. The zero-order valence-corrected chi connectivity index (χ0v) is 3.76. The van der Waals surface area contributed by atoms with Crippen LogP contribution in [0.25, 0.3) is 0 Å². The standard InChI is InChI=1S/C5H11NO/c7-5-1-3-6-4-2-5/h5-7H,1-4H2/i1D,2D,3D,4D,5D. The molecule has 0 saturated carbocycles. The maximum absolute atomic E-state index is 9.26. The first-order valence-corrected chi connectivity index (χ1v) is 2.04. The summed E-state index contributed by atoms with van der Waals surface area (Å²) in [6.45, 7) is -2.34. The lowest BCUT2D eigenvalue weighted by atomic mass is 10.1. The largest absolute Gasteiger partial charge is 0.393 e. The van der Waals surface area contributed by atoms with Crippen LogP contribution >= 0.6 is 0 Å². The van der Waals surface area contributed by atoms with Gasteiger partial charge in [-0.3, -0.25) is 0 Å². The van der Waals surface area contributed by atoms with E-state index in [1.807, 2.05) is 0 Å². The molecule has 1 rings (SSSR count). The molecule has 1 fully saturated rings. The average Bonchev–Trinajstić information content (AvgIpc) is 1.99. The molecule has 0 aromatic rings. The monoisotopic (exact) mass is 106 g/mol. The fourth-order valence-electron chi connectivity index (χ4n) is 0.378. The molecule has 1 aliphatic heterocycles. The molecular formula is C5H11NO. The molecular weight excluding hydrogens is 90.1 g/mol. The number of hydrogen-bond donors (Lipinski definition) is 2. The summed E-state index contributed by atoms with van der Waals surface area (Å²) in [5.74, 6) is 0. The van der Waals surface area contributed by atoms with Gasteiger partial charge < -0.3 is 10.4 Å². The Kier molecular flexibility index (Phi) is 0.557. The highest BCUT2D eigenvalue weighted by atomic mass is 16.3. The first-order chi connectivity index (χ1) is 5.37. The molecule has 0 aliphatic carbocycles. The van der Waals surface area contributed by atoms with Crippen molar-refractivity contribution in [3.63, 3.8) is 0 Å². The molecule has 4 unspecified atom stereocenters. The molecule has 4 atom stereocenters. The molecule has 1 aliphatic rings. The first kappa shape index (κ1) is 1.71. The highest BCUT2D eigenvalue weighted by Gasteiger charge is 2.06. The Morgan fingerprint density at radius 3 is 2.86 bits per heavy atom. The lowest BCUT2D eigenvalue weighted by Gasteiger charge is -2.16. The molecule has 2 heteroatoms. The first-order valence-electron chi connectivity index (χ1n) is 4.85. The van der Waals surface area contributed by atoms with E-state index in [-0.39, 0.29) is 0 Å². The Balaban J connectivity index is 2.82. The summed E-state index contributed by atoms with van der Waals surface area (Å²) in [7, 11) is 0. The van der Waals surface area contributed by atoms with E-state index in [0.717, 1.165) is 0 Å². The van der Waals surface area contributed by atoms with Gasteiger partial charge in [0.15, 0.2) is 0 Å². The average molecular weight is 106 g/mol. The highest BCUT2D eigenvalue weighted by molar-refractivity contribution is 4.65. The van der Waals surface area contributed by atoms with Crippen LogP contribution < -0.4 is 5.32 Å². The van der Waals surface area contributed by atoms with Crippen LogP contribution in [0.4, 0.5) is 0 Å². The van der Waals surface area contributed by atoms with E-state index >= 15 is 0 Å². The Labute approximate surface area is 50.6 Å². The predicted molar refractivity (Wildman–Crippen MR) is 28.1 cm³/mol. The van der Waals surface area contributed by atoms with Gasteiger partial charge in [-0.05, 0) is 25.8 Å². The fraction of sp³-hybridized carbons (Fsp3) is 1.00. The van der Waals surface area contributed by atoms with Crippen LogP contribution in [-0.2, 0) is 0 Å². The Morgan fingerprint density at radius 2 is 2.29 bits per heavy atom. The van der Waals surface area contributed by atoms with Gasteiger partial charge >= 0.3 is 0 Å². The third-order valence-corrected chi connectivity index (χ3v) is 0.701. The minimum atomic E-state index is -2.32. The van der Waals surface area contributed by atoms with Crippen molar-refractivity contribution < 1.29 is 12.0 Å². The molecule has 0 amide bonds. The van der Waals surface area contributed by atoms with Crippen LogP contribution in [0.5, 0.6) is 0 Å². The molecule has 7 heavy (non-hydrogen) atoms. The molecule has 1 saturated heterocycles. The van der Waals surface area contributed by atoms with Crippen molar-refractivity contribution in [3.05, 3.63) is 0 Å². The fourth-order valence-corrected chi connectivity index (χ4v) is 0.378. The van der Waals surface area contributed by atoms with Crippen LogP contribution in [0, 0.1) is 0 Å². The van der Waals surface area contributed by atoms with Gasteiger partial charge in [0.2, 0.25) is 0 Å². The maximum Gasteiger partial charge on any atom is 0.0601 e. The minimum Gasteiger partial charge on any atom is -0.393 e. The lowest BCUT2D eigenvalue weighted by Crippen LogP contribution is -2.30. The van der Waals surface area contributed by atoms with Crippen molar-refractivity contribution in [2.45, 2.75) is 18.9 Å². The Hall–Kier alpha value is -0.0800. The normalized spacial score (nSPS) is 95.9. The van der Waals surface area contributed by atoms with Crippen LogP contribution in [0.15, 0.2) is 0 Å². The molecule has 0 spiro atoms. The quantitative estimate of drug-likeness (QED) is 0.445. The summed E-state index contributed by atoms with van der Waals surface area (Å²) >= 11 is 0. The number of nitrogens with one attached hydrogen (secondary N) is 1. The van der Waals surface area contributed by atoms with Crippen molar-refractivity contribution in [1.29, 1.82) is 0 Å². The van der Waals surface area contributed by atoms with E-state index in [9.17, 15) is 5.11 Å². The Morgan fingerprint density at radius 1 is 1.71 bits per heavy atom. The van der Waals surface area contributed by atoms with Crippen molar-refractivity contribution >= 4 is 0 Å². The third kappa shape index (κ3) is 1.45. The summed E-state index contributed by atoms with van der Waals surface area (Å²) in [6.07, 6.45) is -5.12. The number of piperidine rings is 1. The summed E-state index contributed by atoms with van der Waals surface area (Å²) in [4.78, 5) is 0. The van der Waals surface area contributed by atoms with Gasteiger partial charge in [0.25, 0.3) is 0 Å². The van der Waals surface area contributed by atoms with Crippen LogP contribution in [0.1, 0.15) is 19.6 Å². The van der Waals surface area contributed by atoms with E-state index < -0.39 is 31.9 Å². The van der Waals surface area contributed by atoms with Gasteiger partial charge in [-0.2, -0.15) is 0 Å². The van der Waals surface area contributed by atoms with Gasteiger partial charge in [0.05, 0.1) is 7.45 Å². The van der Waals surface area contributed by atoms with E-state index in [1.165, 1.54) is 0 Å². The number of hydrogen-bond acceptors (Lipinski definition) is 2. The topological polar surface area (TPSA) is 32.3 Å². The van der Waals surface area contributed by atoms with Crippen LogP contribution in [0.2, 0.25) is 0 Å². The number of rotatable bonds is 0. The van der Waals surface area contributed by atoms with Crippen molar-refractivity contribution in [1.82, 2.24) is 5.32 Å². The second kappa shape index (κ2) is 2.28. The van der Waals surface area contributed by atoms with E-state index in [1.54, 1.807) is 0 Å². The summed E-state index contributed by atoms with van der Waals surface area (Å²) in [6, 6.07) is 0. The molecule has 1 heterocycles. The van der Waals surface area contributed by atoms with E-state index in [4.69, 9.17) is 6.85 Å². The second-order valence-electron chi connectivity index (χ2n) is 1.26. The maximum atomic E-state index is 9.26. The minimum absolute atomic E-state index is 1.17. The molecule has 0 bridgehead atoms. The van der Waals surface area contributed by atoms with Crippen LogP contribution in [-0.4, -0.2) is 24.2 Å². The zero-order valence-electron chi connectivity index (χ0n) is 8.76. The predicted octanol–water partition coefficient (Wildman–Crippen LogP) is -0.269. The van der Waals surface area contributed by atoms with Gasteiger partial charge in [-0.1, -0.05) is 0 Å². The summed E-state index contributed by atoms with van der Waals surface area (Å²) < 4.78 is 36.0. The molecule has 0 radical (unpaired) electrons. The van der Waals surface area contributed by atoms with Gasteiger partial charge in [0, 0.05) is 5.48 Å². The van der Waals surface area contributed by atoms with Gasteiger partial charge in [-0.15, -0.1) is 0 Å². The highest BCUT2D eigenvalue weighted by Crippen LogP contribution is 1.99. The number of aliphatic hydroxyl groups is 1. The summed E-state index contributed by atoms with van der Waals surface area (Å²) in [5, 5.41) is 11.6. The van der Waals surface area contributed by atoms with Crippen molar-refractivity contribution in [2.24, 2.45) is 0 Å². The van der Waals surface area contributed by atoms with E-state index in [0.29, 0.717) is 0 Å². The van der Waals surface area contributed by atoms with Gasteiger partial charge in [-0.25, -0.2) is 0 Å². The lowest BCUT2D eigenvalue weighted by molar-refractivity contribution is 0.137. The zero-order chi connectivity index (χ0) is 9.52. The van der Waals surface area contributed by atoms with Gasteiger partial charge in [0.1, 0.15) is 0 Å².